The van der Waals surface area contributed by atoms with Crippen molar-refractivity contribution < 1.29 is 19.4 Å². The summed E-state index contributed by atoms with van der Waals surface area (Å²) in [5.74, 6) is 4.37. The molecule has 0 unspecified atom stereocenters. The molecular formula is C26H21N3O4. The van der Waals surface area contributed by atoms with Crippen LogP contribution in [0.3, 0.4) is 0 Å². The molecule has 7 heteroatoms. The van der Waals surface area contributed by atoms with Crippen LogP contribution in [0.1, 0.15) is 15.9 Å². The van der Waals surface area contributed by atoms with Gasteiger partial charge in [0.25, 0.3) is 5.91 Å². The van der Waals surface area contributed by atoms with E-state index in [1.807, 2.05) is 72.8 Å². The SMILES string of the molecule is NNC(=O)c1cccc2c1c1c(OCC(=O)O)cc3ccccc3c1n2Cc1ccccc1. The van der Waals surface area contributed by atoms with Gasteiger partial charge in [-0.1, -0.05) is 60.7 Å². The molecule has 33 heavy (non-hydrogen) atoms. The lowest BCUT2D eigenvalue weighted by molar-refractivity contribution is -0.139. The number of hydrazine groups is 1. The second-order valence-corrected chi connectivity index (χ2v) is 7.75. The maximum Gasteiger partial charge on any atom is 0.341 e. The van der Waals surface area contributed by atoms with Gasteiger partial charge in [-0.15, -0.1) is 0 Å². The maximum absolute atomic E-state index is 12.7. The van der Waals surface area contributed by atoms with Gasteiger partial charge in [0.1, 0.15) is 5.75 Å². The minimum Gasteiger partial charge on any atom is -0.481 e. The van der Waals surface area contributed by atoms with Crippen LogP contribution in [0.2, 0.25) is 0 Å². The van der Waals surface area contributed by atoms with Crippen molar-refractivity contribution in [2.24, 2.45) is 5.84 Å². The number of carbonyl (C=O) groups excluding carboxylic acids is 1. The van der Waals surface area contributed by atoms with E-state index in [9.17, 15) is 14.7 Å². The average Bonchev–Trinajstić information content (AvgIpc) is 3.17. The van der Waals surface area contributed by atoms with E-state index in [0.29, 0.717) is 28.6 Å². The van der Waals surface area contributed by atoms with Crippen molar-refractivity contribution in [3.63, 3.8) is 0 Å². The Hall–Kier alpha value is -4.36. The van der Waals surface area contributed by atoms with E-state index >= 15 is 0 Å². The van der Waals surface area contributed by atoms with Crippen molar-refractivity contribution in [1.29, 1.82) is 0 Å². The molecule has 0 saturated heterocycles. The Bertz CT molecular complexity index is 1520. The summed E-state index contributed by atoms with van der Waals surface area (Å²) >= 11 is 0. The Morgan fingerprint density at radius 1 is 0.939 bits per heavy atom. The lowest BCUT2D eigenvalue weighted by atomic mass is 10.0. The van der Waals surface area contributed by atoms with Crippen LogP contribution in [0.5, 0.6) is 5.75 Å². The predicted molar refractivity (Wildman–Crippen MR) is 127 cm³/mol. The maximum atomic E-state index is 12.7. The van der Waals surface area contributed by atoms with Crippen molar-refractivity contribution in [3.8, 4) is 5.75 Å². The summed E-state index contributed by atoms with van der Waals surface area (Å²) in [6, 6.07) is 25.2. The van der Waals surface area contributed by atoms with Crippen LogP contribution in [0.4, 0.5) is 0 Å². The zero-order valence-electron chi connectivity index (χ0n) is 17.6. The molecule has 5 rings (SSSR count). The number of carbonyl (C=O) groups is 2. The van der Waals surface area contributed by atoms with Crippen molar-refractivity contribution >= 4 is 44.5 Å². The van der Waals surface area contributed by atoms with Gasteiger partial charge in [-0.05, 0) is 29.1 Å². The van der Waals surface area contributed by atoms with Crippen molar-refractivity contribution in [3.05, 3.63) is 90.0 Å². The Balaban J connectivity index is 1.95. The number of hydrogen-bond donors (Lipinski definition) is 3. The lowest BCUT2D eigenvalue weighted by Gasteiger charge is -2.12. The van der Waals surface area contributed by atoms with Gasteiger partial charge < -0.3 is 14.4 Å². The Morgan fingerprint density at radius 2 is 1.70 bits per heavy atom. The number of aromatic nitrogens is 1. The number of nitrogens with one attached hydrogen (secondary N) is 1. The summed E-state index contributed by atoms with van der Waals surface area (Å²) in [6.45, 7) is 0.0605. The summed E-state index contributed by atoms with van der Waals surface area (Å²) in [6.07, 6.45) is 0. The molecule has 1 amide bonds. The van der Waals surface area contributed by atoms with E-state index in [4.69, 9.17) is 10.6 Å². The molecule has 0 atom stereocenters. The number of ether oxygens (including phenoxy) is 1. The number of hydrogen-bond acceptors (Lipinski definition) is 4. The van der Waals surface area contributed by atoms with Gasteiger partial charge in [0.15, 0.2) is 6.61 Å². The minimum atomic E-state index is -1.08. The third-order valence-corrected chi connectivity index (χ3v) is 5.75. The van der Waals surface area contributed by atoms with Crippen LogP contribution in [0, 0.1) is 0 Å². The minimum absolute atomic E-state index is 0.391. The van der Waals surface area contributed by atoms with Gasteiger partial charge in [-0.25, -0.2) is 10.6 Å². The topological polar surface area (TPSA) is 107 Å². The highest BCUT2D eigenvalue weighted by Gasteiger charge is 2.23. The van der Waals surface area contributed by atoms with Crippen LogP contribution in [0.25, 0.3) is 32.6 Å². The van der Waals surface area contributed by atoms with Gasteiger partial charge in [-0.3, -0.25) is 10.2 Å². The fourth-order valence-electron chi connectivity index (χ4n) is 4.42. The highest BCUT2D eigenvalue weighted by atomic mass is 16.5. The van der Waals surface area contributed by atoms with Crippen LogP contribution >= 0.6 is 0 Å². The normalized spacial score (nSPS) is 11.2. The number of carboxylic acid groups (broad SMARTS) is 1. The number of carboxylic acids is 1. The third-order valence-electron chi connectivity index (χ3n) is 5.75. The van der Waals surface area contributed by atoms with E-state index in [2.05, 4.69) is 9.99 Å². The summed E-state index contributed by atoms with van der Waals surface area (Å²) < 4.78 is 7.90. The average molecular weight is 439 g/mol. The predicted octanol–water partition coefficient (Wildman–Crippen LogP) is 4.06. The number of nitrogen functional groups attached to an aromatic ring is 1. The molecule has 7 nitrogen and oxygen atoms in total. The van der Waals surface area contributed by atoms with Gasteiger partial charge in [0.2, 0.25) is 0 Å². The molecule has 0 spiro atoms. The zero-order valence-corrected chi connectivity index (χ0v) is 17.6. The number of amides is 1. The first-order valence-electron chi connectivity index (χ1n) is 10.4. The summed E-state index contributed by atoms with van der Waals surface area (Å²) in [4.78, 5) is 24.0. The van der Waals surface area contributed by atoms with Crippen molar-refractivity contribution in [2.75, 3.05) is 6.61 Å². The monoisotopic (exact) mass is 439 g/mol. The van der Waals surface area contributed by atoms with Crippen LogP contribution < -0.4 is 16.0 Å². The smallest absolute Gasteiger partial charge is 0.341 e. The molecule has 0 bridgehead atoms. The van der Waals surface area contributed by atoms with Gasteiger partial charge in [-0.2, -0.15) is 0 Å². The highest BCUT2D eigenvalue weighted by Crippen LogP contribution is 2.42. The standard InChI is InChI=1S/C26H21N3O4/c27-28-26(32)19-11-6-12-20-23(19)24-21(33-15-22(30)31)13-17-9-4-5-10-18(17)25(24)29(20)14-16-7-2-1-3-8-16/h1-13H,14-15,27H2,(H,28,32)(H,30,31). The van der Waals surface area contributed by atoms with Crippen LogP contribution in [-0.2, 0) is 11.3 Å². The molecule has 4 N–H and O–H groups in total. The molecule has 1 heterocycles. The molecule has 0 saturated carbocycles. The molecule has 5 aromatic rings. The summed E-state index contributed by atoms with van der Waals surface area (Å²) in [5.41, 5.74) is 5.39. The van der Waals surface area contributed by atoms with Gasteiger partial charge in [0.05, 0.1) is 22.0 Å². The fourth-order valence-corrected chi connectivity index (χ4v) is 4.42. The van der Waals surface area contributed by atoms with E-state index in [1.165, 1.54) is 0 Å². The summed E-state index contributed by atoms with van der Waals surface area (Å²) in [5, 5.41) is 12.5. The molecule has 0 aliphatic heterocycles. The lowest BCUT2D eigenvalue weighted by Crippen LogP contribution is -2.30. The number of nitrogens with two attached hydrogens (primary N) is 1. The van der Waals surface area contributed by atoms with E-state index in [-0.39, 0.29) is 0 Å². The number of aliphatic carboxylic acids is 1. The molecule has 0 aliphatic carbocycles. The molecule has 0 aliphatic rings. The Kier molecular flexibility index (Phi) is 5.16. The number of fused-ring (bicyclic) bond motifs is 5. The summed E-state index contributed by atoms with van der Waals surface area (Å²) in [7, 11) is 0. The largest absolute Gasteiger partial charge is 0.481 e. The van der Waals surface area contributed by atoms with Crippen molar-refractivity contribution in [1.82, 2.24) is 9.99 Å². The van der Waals surface area contributed by atoms with Crippen LogP contribution in [-0.4, -0.2) is 28.2 Å². The zero-order chi connectivity index (χ0) is 22.9. The van der Waals surface area contributed by atoms with Crippen LogP contribution in [0.15, 0.2) is 78.9 Å². The first-order valence-corrected chi connectivity index (χ1v) is 10.4. The van der Waals surface area contributed by atoms with Crippen molar-refractivity contribution in [2.45, 2.75) is 6.54 Å². The fraction of sp³-hybridized carbons (Fsp3) is 0.0769. The molecule has 164 valence electrons. The molecule has 0 radical (unpaired) electrons. The second-order valence-electron chi connectivity index (χ2n) is 7.75. The number of nitrogens with zero attached hydrogens (tertiary/aromatic N) is 1. The van der Waals surface area contributed by atoms with E-state index < -0.39 is 18.5 Å². The molecule has 0 fully saturated rings. The molecule has 4 aromatic carbocycles. The highest BCUT2D eigenvalue weighted by molar-refractivity contribution is 6.25. The number of rotatable bonds is 6. The van der Waals surface area contributed by atoms with Gasteiger partial charge >= 0.3 is 5.97 Å². The Morgan fingerprint density at radius 3 is 2.45 bits per heavy atom. The third kappa shape index (κ3) is 3.54. The first kappa shape index (κ1) is 20.5. The molecular weight excluding hydrogens is 418 g/mol. The van der Waals surface area contributed by atoms with E-state index in [1.54, 1.807) is 6.07 Å². The van der Waals surface area contributed by atoms with Gasteiger partial charge in [0, 0.05) is 17.3 Å². The number of benzene rings is 4. The second kappa shape index (κ2) is 8.29. The van der Waals surface area contributed by atoms with E-state index in [0.717, 1.165) is 27.4 Å². The Labute approximate surface area is 189 Å². The quantitative estimate of drug-likeness (QED) is 0.210. The molecule has 1 aromatic heterocycles. The first-order chi connectivity index (χ1) is 16.1.